The van der Waals surface area contributed by atoms with Crippen LogP contribution in [-0.4, -0.2) is 24.9 Å². The molecular weight excluding hydrogens is 237 g/mol. The largest absolute Gasteiger partial charge is 0.494 e. The molecule has 2 N–H and O–H groups in total. The molecule has 0 bridgehead atoms. The van der Waals surface area contributed by atoms with Crippen LogP contribution in [0.2, 0.25) is 0 Å². The van der Waals surface area contributed by atoms with Gasteiger partial charge in [0.2, 0.25) is 0 Å². The maximum Gasteiger partial charge on any atom is 0.494 e. The van der Waals surface area contributed by atoms with Crippen molar-refractivity contribution in [2.24, 2.45) is 5.73 Å². The lowest BCUT2D eigenvalue weighted by Gasteiger charge is -2.32. The van der Waals surface area contributed by atoms with Crippen LogP contribution in [0.15, 0.2) is 24.3 Å². The van der Waals surface area contributed by atoms with Gasteiger partial charge in [-0.15, -0.1) is 0 Å². The van der Waals surface area contributed by atoms with Crippen LogP contribution in [0.3, 0.4) is 0 Å². The van der Waals surface area contributed by atoms with Crippen LogP contribution in [0.5, 0.6) is 0 Å². The lowest BCUT2D eigenvalue weighted by molar-refractivity contribution is 0.00578. The summed E-state index contributed by atoms with van der Waals surface area (Å²) in [6.45, 7) is 8.55. The quantitative estimate of drug-likeness (QED) is 0.609. The van der Waals surface area contributed by atoms with E-state index in [2.05, 4.69) is 11.8 Å². The highest BCUT2D eigenvalue weighted by molar-refractivity contribution is 6.62. The summed E-state index contributed by atoms with van der Waals surface area (Å²) in [4.78, 5) is 0. The summed E-state index contributed by atoms with van der Waals surface area (Å²) in [7, 11) is -0.343. The minimum atomic E-state index is -0.343. The maximum absolute atomic E-state index is 6.01. The molecule has 0 saturated carbocycles. The summed E-state index contributed by atoms with van der Waals surface area (Å²) in [5, 5.41) is 0. The Hall–Kier alpha value is -1.28. The molecule has 0 radical (unpaired) electrons. The molecule has 1 heterocycles. The first-order valence-electron chi connectivity index (χ1n) is 6.50. The summed E-state index contributed by atoms with van der Waals surface area (Å²) in [5.41, 5.74) is 6.66. The molecule has 0 amide bonds. The van der Waals surface area contributed by atoms with Crippen molar-refractivity contribution in [3.63, 3.8) is 0 Å². The van der Waals surface area contributed by atoms with Crippen molar-refractivity contribution in [2.75, 3.05) is 6.54 Å². The third-order valence-electron chi connectivity index (χ3n) is 3.75. The molecule has 1 aromatic rings. The molecule has 0 atom stereocenters. The first kappa shape index (κ1) is 14.1. The number of benzene rings is 1. The monoisotopic (exact) mass is 257 g/mol. The van der Waals surface area contributed by atoms with Gasteiger partial charge in [0, 0.05) is 5.56 Å². The second kappa shape index (κ2) is 5.01. The Morgan fingerprint density at radius 3 is 2.37 bits per heavy atom. The van der Waals surface area contributed by atoms with Gasteiger partial charge in [0.15, 0.2) is 0 Å². The molecule has 3 nitrogen and oxygen atoms in total. The van der Waals surface area contributed by atoms with E-state index in [9.17, 15) is 0 Å². The van der Waals surface area contributed by atoms with E-state index in [0.717, 1.165) is 11.0 Å². The van der Waals surface area contributed by atoms with Crippen LogP contribution >= 0.6 is 0 Å². The van der Waals surface area contributed by atoms with E-state index in [0.29, 0.717) is 6.54 Å². The van der Waals surface area contributed by atoms with E-state index in [4.69, 9.17) is 15.0 Å². The molecular formula is C15H20BNO2. The molecule has 0 spiro atoms. The first-order valence-corrected chi connectivity index (χ1v) is 6.50. The van der Waals surface area contributed by atoms with Gasteiger partial charge in [0.05, 0.1) is 17.7 Å². The first-order chi connectivity index (χ1) is 8.86. The lowest BCUT2D eigenvalue weighted by atomic mass is 9.78. The predicted molar refractivity (Wildman–Crippen MR) is 78.1 cm³/mol. The second-order valence-corrected chi connectivity index (χ2v) is 5.72. The molecule has 0 aromatic heterocycles. The second-order valence-electron chi connectivity index (χ2n) is 5.72. The molecule has 1 aliphatic rings. The minimum absolute atomic E-state index is 0.323. The van der Waals surface area contributed by atoms with Crippen molar-refractivity contribution in [1.82, 2.24) is 0 Å². The SMILES string of the molecule is CC1(C)OB(c2cccc(C#CCN)c2)OC1(C)C. The van der Waals surface area contributed by atoms with E-state index >= 15 is 0 Å². The zero-order chi connectivity index (χ0) is 14.1. The van der Waals surface area contributed by atoms with Gasteiger partial charge in [-0.05, 0) is 45.3 Å². The van der Waals surface area contributed by atoms with E-state index in [1.165, 1.54) is 0 Å². The van der Waals surface area contributed by atoms with Crippen molar-refractivity contribution in [2.45, 2.75) is 38.9 Å². The van der Waals surface area contributed by atoms with Gasteiger partial charge in [-0.1, -0.05) is 24.0 Å². The third-order valence-corrected chi connectivity index (χ3v) is 3.75. The molecule has 1 fully saturated rings. The Balaban J connectivity index is 2.25. The van der Waals surface area contributed by atoms with Crippen molar-refractivity contribution < 1.29 is 9.31 Å². The van der Waals surface area contributed by atoms with E-state index < -0.39 is 0 Å². The van der Waals surface area contributed by atoms with E-state index in [1.807, 2.05) is 52.0 Å². The predicted octanol–water partition coefficient (Wildman–Crippen LogP) is 1.30. The van der Waals surface area contributed by atoms with Gasteiger partial charge in [0.25, 0.3) is 0 Å². The molecule has 100 valence electrons. The molecule has 19 heavy (non-hydrogen) atoms. The highest BCUT2D eigenvalue weighted by Crippen LogP contribution is 2.36. The van der Waals surface area contributed by atoms with Crippen molar-refractivity contribution >= 4 is 12.6 Å². The molecule has 0 aliphatic carbocycles. The lowest BCUT2D eigenvalue weighted by Crippen LogP contribution is -2.41. The molecule has 1 aliphatic heterocycles. The summed E-state index contributed by atoms with van der Waals surface area (Å²) >= 11 is 0. The zero-order valence-corrected chi connectivity index (χ0v) is 12.0. The van der Waals surface area contributed by atoms with Gasteiger partial charge in [-0.25, -0.2) is 0 Å². The van der Waals surface area contributed by atoms with Crippen molar-refractivity contribution in [3.05, 3.63) is 29.8 Å². The Morgan fingerprint density at radius 1 is 1.16 bits per heavy atom. The topological polar surface area (TPSA) is 44.5 Å². The average molecular weight is 257 g/mol. The van der Waals surface area contributed by atoms with Gasteiger partial charge in [-0.2, -0.15) is 0 Å². The smallest absolute Gasteiger partial charge is 0.399 e. The van der Waals surface area contributed by atoms with Gasteiger partial charge in [-0.3, -0.25) is 0 Å². The number of hydrogen-bond acceptors (Lipinski definition) is 3. The Labute approximate surface area is 115 Å². The number of rotatable bonds is 1. The minimum Gasteiger partial charge on any atom is -0.399 e. The van der Waals surface area contributed by atoms with E-state index in [-0.39, 0.29) is 18.3 Å². The van der Waals surface area contributed by atoms with Gasteiger partial charge < -0.3 is 15.0 Å². The fourth-order valence-corrected chi connectivity index (χ4v) is 1.90. The highest BCUT2D eigenvalue weighted by atomic mass is 16.7. The zero-order valence-electron chi connectivity index (χ0n) is 12.0. The van der Waals surface area contributed by atoms with Gasteiger partial charge in [0.1, 0.15) is 0 Å². The van der Waals surface area contributed by atoms with Crippen LogP contribution in [0.1, 0.15) is 33.3 Å². The average Bonchev–Trinajstić information content (AvgIpc) is 2.56. The normalized spacial score (nSPS) is 19.9. The van der Waals surface area contributed by atoms with Crippen molar-refractivity contribution in [1.29, 1.82) is 0 Å². The summed E-state index contributed by atoms with van der Waals surface area (Å²) in [5.74, 6) is 5.87. The molecule has 1 saturated heterocycles. The van der Waals surface area contributed by atoms with E-state index in [1.54, 1.807) is 0 Å². The third kappa shape index (κ3) is 2.84. The Bertz CT molecular complexity index is 512. The number of nitrogens with two attached hydrogens (primary N) is 1. The summed E-state index contributed by atoms with van der Waals surface area (Å²) < 4.78 is 12.0. The van der Waals surface area contributed by atoms with Crippen molar-refractivity contribution in [3.8, 4) is 11.8 Å². The van der Waals surface area contributed by atoms with Crippen LogP contribution in [0.4, 0.5) is 0 Å². The highest BCUT2D eigenvalue weighted by Gasteiger charge is 2.51. The van der Waals surface area contributed by atoms with Crippen LogP contribution in [-0.2, 0) is 9.31 Å². The summed E-state index contributed by atoms with van der Waals surface area (Å²) in [6.07, 6.45) is 0. The fraction of sp³-hybridized carbons (Fsp3) is 0.467. The fourth-order valence-electron chi connectivity index (χ4n) is 1.90. The van der Waals surface area contributed by atoms with Crippen LogP contribution in [0.25, 0.3) is 0 Å². The van der Waals surface area contributed by atoms with Crippen LogP contribution < -0.4 is 11.2 Å². The Morgan fingerprint density at radius 2 is 1.79 bits per heavy atom. The molecule has 0 unspecified atom stereocenters. The number of hydrogen-bond donors (Lipinski definition) is 1. The summed E-state index contributed by atoms with van der Waals surface area (Å²) in [6, 6.07) is 7.90. The maximum atomic E-state index is 6.01. The standard InChI is InChI=1S/C15H20BNO2/c1-14(2)15(3,4)19-16(18-14)13-9-5-7-12(11-13)8-6-10-17/h5,7,9,11H,10,17H2,1-4H3. The Kier molecular flexibility index (Phi) is 3.73. The molecule has 4 heteroatoms. The van der Waals surface area contributed by atoms with Gasteiger partial charge >= 0.3 is 7.12 Å². The van der Waals surface area contributed by atoms with Crippen LogP contribution in [0, 0.1) is 11.8 Å². The molecule has 2 rings (SSSR count). The molecule has 1 aromatic carbocycles.